The predicted molar refractivity (Wildman–Crippen MR) is 152 cm³/mol. The Kier molecular flexibility index (Phi) is 8.89. The van der Waals surface area contributed by atoms with Crippen LogP contribution in [-0.4, -0.2) is 32.6 Å². The second-order valence-corrected chi connectivity index (χ2v) is 11.7. The van der Waals surface area contributed by atoms with E-state index in [4.69, 9.17) is 4.74 Å². The van der Waals surface area contributed by atoms with E-state index in [1.807, 2.05) is 85.8 Å². The van der Waals surface area contributed by atoms with Crippen LogP contribution in [0.15, 0.2) is 108 Å². The molecule has 0 aliphatic carbocycles. The quantitative estimate of drug-likeness (QED) is 0.237. The number of aryl methyl sites for hydroxylation is 1. The van der Waals surface area contributed by atoms with E-state index in [1.165, 1.54) is 23.9 Å². The molecule has 0 amide bonds. The molecule has 0 heterocycles. The van der Waals surface area contributed by atoms with Crippen LogP contribution in [0.2, 0.25) is 0 Å². The highest BCUT2D eigenvalue weighted by molar-refractivity contribution is 7.98. The van der Waals surface area contributed by atoms with E-state index < -0.39 is 27.3 Å². The van der Waals surface area contributed by atoms with Gasteiger partial charge in [-0.2, -0.15) is 4.72 Å². The third kappa shape index (κ3) is 6.83. The predicted octanol–water partition coefficient (Wildman–Crippen LogP) is 6.08. The molecule has 196 valence electrons. The maximum atomic E-state index is 13.3. The molecule has 0 unspecified atom stereocenters. The fraction of sp³-hybridized carbons (Fsp3) is 0.167. The molecule has 0 aliphatic rings. The summed E-state index contributed by atoms with van der Waals surface area (Å²) in [4.78, 5) is 12.4. The van der Waals surface area contributed by atoms with Crippen molar-refractivity contribution in [2.45, 2.75) is 28.9 Å². The Balaban J connectivity index is 1.58. The van der Waals surface area contributed by atoms with Gasteiger partial charge in [-0.05, 0) is 53.4 Å². The van der Waals surface area contributed by atoms with Gasteiger partial charge in [0.25, 0.3) is 0 Å². The molecule has 4 aromatic carbocycles. The molecule has 2 atom stereocenters. The van der Waals surface area contributed by atoms with Gasteiger partial charge < -0.3 is 9.84 Å². The van der Waals surface area contributed by atoms with Crippen molar-refractivity contribution >= 4 is 27.8 Å². The summed E-state index contributed by atoms with van der Waals surface area (Å²) in [6.07, 6.45) is 0. The molecule has 4 aromatic rings. The number of sulfonamides is 1. The number of hydrogen-bond donors (Lipinski definition) is 2. The molecule has 0 radical (unpaired) electrons. The van der Waals surface area contributed by atoms with Crippen LogP contribution in [0.5, 0.6) is 5.75 Å². The van der Waals surface area contributed by atoms with Crippen molar-refractivity contribution in [2.75, 3.05) is 7.11 Å². The lowest BCUT2D eigenvalue weighted by molar-refractivity contribution is -0.139. The van der Waals surface area contributed by atoms with E-state index in [0.717, 1.165) is 33.6 Å². The molecule has 8 heteroatoms. The van der Waals surface area contributed by atoms with Crippen molar-refractivity contribution in [1.82, 2.24) is 4.72 Å². The van der Waals surface area contributed by atoms with Gasteiger partial charge in [0.05, 0.1) is 17.3 Å². The number of nitrogens with one attached hydrogen (secondary N) is 1. The van der Waals surface area contributed by atoms with Crippen molar-refractivity contribution in [3.05, 3.63) is 120 Å². The highest BCUT2D eigenvalue weighted by Gasteiger charge is 2.34. The summed E-state index contributed by atoms with van der Waals surface area (Å²) in [5.41, 5.74) is 4.66. The Bertz CT molecular complexity index is 1450. The fourth-order valence-electron chi connectivity index (χ4n) is 3.98. The summed E-state index contributed by atoms with van der Waals surface area (Å²) in [5.74, 6) is -0.0378. The highest BCUT2D eigenvalue weighted by Crippen LogP contribution is 2.36. The first-order valence-corrected chi connectivity index (χ1v) is 14.5. The Morgan fingerprint density at radius 1 is 0.868 bits per heavy atom. The van der Waals surface area contributed by atoms with Gasteiger partial charge in [-0.15, -0.1) is 11.8 Å². The van der Waals surface area contributed by atoms with Gasteiger partial charge in [-0.25, -0.2) is 8.42 Å². The lowest BCUT2D eigenvalue weighted by Gasteiger charge is -2.25. The van der Waals surface area contributed by atoms with Crippen LogP contribution in [0, 0.1) is 6.92 Å². The van der Waals surface area contributed by atoms with Crippen LogP contribution >= 0.6 is 11.8 Å². The van der Waals surface area contributed by atoms with E-state index in [9.17, 15) is 18.3 Å². The summed E-state index contributed by atoms with van der Waals surface area (Å²) < 4.78 is 34.3. The van der Waals surface area contributed by atoms with Gasteiger partial charge in [0.2, 0.25) is 10.0 Å². The minimum Gasteiger partial charge on any atom is -0.497 e. The van der Waals surface area contributed by atoms with Crippen LogP contribution in [-0.2, 0) is 20.6 Å². The SMILES string of the molecule is COc1ccc(CS[C@H](c2ccccc2)[C@@H](NS(=O)(=O)c2ccc(-c3ccc(C)cc3)cc2)C(=O)O)cc1. The maximum absolute atomic E-state index is 13.3. The summed E-state index contributed by atoms with van der Waals surface area (Å²) >= 11 is 1.37. The van der Waals surface area contributed by atoms with Crippen LogP contribution < -0.4 is 9.46 Å². The molecule has 4 rings (SSSR count). The van der Waals surface area contributed by atoms with Crippen molar-refractivity contribution in [3.8, 4) is 16.9 Å². The average molecular weight is 548 g/mol. The Hall–Kier alpha value is -3.59. The summed E-state index contributed by atoms with van der Waals surface area (Å²) in [6.45, 7) is 2.00. The number of hydrogen-bond acceptors (Lipinski definition) is 5. The molecule has 0 fully saturated rings. The van der Waals surface area contributed by atoms with Gasteiger partial charge in [0, 0.05) is 5.75 Å². The van der Waals surface area contributed by atoms with Gasteiger partial charge in [0.15, 0.2) is 0 Å². The van der Waals surface area contributed by atoms with Gasteiger partial charge in [0.1, 0.15) is 11.8 Å². The normalized spacial score (nSPS) is 13.0. The van der Waals surface area contributed by atoms with Crippen LogP contribution in [0.3, 0.4) is 0 Å². The largest absolute Gasteiger partial charge is 0.497 e. The molecular weight excluding hydrogens is 518 g/mol. The smallest absolute Gasteiger partial charge is 0.323 e. The van der Waals surface area contributed by atoms with Crippen molar-refractivity contribution in [3.63, 3.8) is 0 Å². The molecule has 0 aliphatic heterocycles. The molecule has 0 saturated heterocycles. The number of carboxylic acid groups (broad SMARTS) is 1. The Labute approximate surface area is 227 Å². The zero-order valence-electron chi connectivity index (χ0n) is 21.1. The highest BCUT2D eigenvalue weighted by atomic mass is 32.2. The molecule has 6 nitrogen and oxygen atoms in total. The van der Waals surface area contributed by atoms with Crippen molar-refractivity contribution < 1.29 is 23.1 Å². The number of aliphatic carboxylic acids is 1. The van der Waals surface area contributed by atoms with E-state index in [2.05, 4.69) is 4.72 Å². The minimum atomic E-state index is -4.12. The fourth-order valence-corrected chi connectivity index (χ4v) is 6.56. The van der Waals surface area contributed by atoms with Gasteiger partial charge in [-0.3, -0.25) is 4.79 Å². The summed E-state index contributed by atoms with van der Waals surface area (Å²) in [5, 5.41) is 9.47. The lowest BCUT2D eigenvalue weighted by Crippen LogP contribution is -2.44. The van der Waals surface area contributed by atoms with Crippen LogP contribution in [0.1, 0.15) is 21.9 Å². The topological polar surface area (TPSA) is 92.7 Å². The summed E-state index contributed by atoms with van der Waals surface area (Å²) in [7, 11) is -2.52. The number of benzene rings is 4. The van der Waals surface area contributed by atoms with Crippen molar-refractivity contribution in [2.24, 2.45) is 0 Å². The molecule has 0 bridgehead atoms. The second-order valence-electron chi connectivity index (χ2n) is 8.82. The number of ether oxygens (including phenoxy) is 1. The first kappa shape index (κ1) is 27.4. The van der Waals surface area contributed by atoms with Gasteiger partial charge in [-0.1, -0.05) is 84.4 Å². The average Bonchev–Trinajstić information content (AvgIpc) is 2.94. The standard InChI is InChI=1S/C30H29NO5S2/c1-21-8-12-23(13-9-21)24-14-18-27(19-15-24)38(34,35)31-28(30(32)33)29(25-6-4-3-5-7-25)37-20-22-10-16-26(36-2)17-11-22/h3-19,28-29,31H,20H2,1-2H3,(H,32,33)/t28-,29-/m1/s1. The van der Waals surface area contributed by atoms with Gasteiger partial charge >= 0.3 is 5.97 Å². The molecule has 0 saturated carbocycles. The molecule has 0 aromatic heterocycles. The third-order valence-corrected chi connectivity index (χ3v) is 8.98. The zero-order valence-corrected chi connectivity index (χ0v) is 22.7. The van der Waals surface area contributed by atoms with Crippen molar-refractivity contribution in [1.29, 1.82) is 0 Å². The van der Waals surface area contributed by atoms with E-state index in [0.29, 0.717) is 5.75 Å². The Morgan fingerprint density at radius 2 is 1.45 bits per heavy atom. The number of methoxy groups -OCH3 is 1. The first-order chi connectivity index (χ1) is 18.3. The van der Waals surface area contributed by atoms with E-state index >= 15 is 0 Å². The van der Waals surface area contributed by atoms with E-state index in [1.54, 1.807) is 19.2 Å². The number of rotatable bonds is 11. The first-order valence-electron chi connectivity index (χ1n) is 12.0. The monoisotopic (exact) mass is 547 g/mol. The Morgan fingerprint density at radius 3 is 2.00 bits per heavy atom. The third-order valence-electron chi connectivity index (χ3n) is 6.12. The number of carbonyl (C=O) groups is 1. The minimum absolute atomic E-state index is 0.00609. The molecule has 2 N–H and O–H groups in total. The van der Waals surface area contributed by atoms with Crippen LogP contribution in [0.25, 0.3) is 11.1 Å². The number of carboxylic acids is 1. The zero-order chi connectivity index (χ0) is 27.1. The molecule has 0 spiro atoms. The second kappa shape index (κ2) is 12.3. The summed E-state index contributed by atoms with van der Waals surface area (Å²) in [6, 6.07) is 29.6. The maximum Gasteiger partial charge on any atom is 0.323 e. The molecule has 38 heavy (non-hydrogen) atoms. The lowest BCUT2D eigenvalue weighted by atomic mass is 10.0. The van der Waals surface area contributed by atoms with Crippen LogP contribution in [0.4, 0.5) is 0 Å². The number of thioether (sulfide) groups is 1. The molecular formula is C30H29NO5S2. The van der Waals surface area contributed by atoms with E-state index in [-0.39, 0.29) is 4.90 Å².